The van der Waals surface area contributed by atoms with E-state index in [1.807, 2.05) is 42.5 Å². The first-order valence-corrected chi connectivity index (χ1v) is 10.5. The van der Waals surface area contributed by atoms with E-state index in [-0.39, 0.29) is 29.4 Å². The number of carbonyl (C=O) groups excluding carboxylic acids is 3. The fourth-order valence-corrected chi connectivity index (χ4v) is 3.12. The minimum Gasteiger partial charge on any atom is -0.493 e. The number of hydrazine groups is 1. The Morgan fingerprint density at radius 1 is 0.771 bits per heavy atom. The predicted molar refractivity (Wildman–Crippen MR) is 127 cm³/mol. The molecule has 0 unspecified atom stereocenters. The van der Waals surface area contributed by atoms with Crippen LogP contribution >= 0.6 is 0 Å². The van der Waals surface area contributed by atoms with Crippen LogP contribution in [0.1, 0.15) is 10.4 Å². The molecule has 0 aliphatic rings. The van der Waals surface area contributed by atoms with Gasteiger partial charge < -0.3 is 24.7 Å². The summed E-state index contributed by atoms with van der Waals surface area (Å²) in [5, 5.41) is 0. The van der Waals surface area contributed by atoms with E-state index < -0.39 is 24.3 Å². The first-order valence-electron chi connectivity index (χ1n) is 10.5. The molecule has 0 aromatic heterocycles. The summed E-state index contributed by atoms with van der Waals surface area (Å²) in [5.74, 6) is -0.971. The Balaban J connectivity index is 1.62. The van der Waals surface area contributed by atoms with Gasteiger partial charge in [-0.2, -0.15) is 0 Å². The molecule has 0 radical (unpaired) electrons. The van der Waals surface area contributed by atoms with E-state index in [0.29, 0.717) is 5.75 Å². The number of carbonyl (C=O) groups is 3. The molecular formula is C25H25N3O7. The number of nitrogens with one attached hydrogen (secondary N) is 2. The number of hydrogen-bond acceptors (Lipinski definition) is 7. The molecule has 182 valence electrons. The normalized spacial score (nSPS) is 10.1. The van der Waals surface area contributed by atoms with Crippen LogP contribution in [0.15, 0.2) is 66.7 Å². The Morgan fingerprint density at radius 2 is 1.40 bits per heavy atom. The Morgan fingerprint density at radius 3 is 2.03 bits per heavy atom. The van der Waals surface area contributed by atoms with Gasteiger partial charge in [0.15, 0.2) is 24.7 Å². The standard InChI is InChI=1S/C25H25N3O7/c1-32-20-12-17(13-21(33-2)24(20)35-14-22(26)29)25(31)28-27-23(30)15-34-19-11-7-6-10-18(19)16-8-4-3-5-9-16/h3-13H,14-15H2,1-2H3,(H2,26,29)(H,27,30)(H,28,31). The van der Waals surface area contributed by atoms with Crippen LogP contribution in [0.4, 0.5) is 0 Å². The van der Waals surface area contributed by atoms with E-state index >= 15 is 0 Å². The Labute approximate surface area is 201 Å². The van der Waals surface area contributed by atoms with Crippen LogP contribution in [-0.2, 0) is 9.59 Å². The summed E-state index contributed by atoms with van der Waals surface area (Å²) in [7, 11) is 2.72. The second-order valence-electron chi connectivity index (χ2n) is 7.12. The molecule has 0 aliphatic heterocycles. The molecule has 0 saturated heterocycles. The van der Waals surface area contributed by atoms with Gasteiger partial charge in [-0.3, -0.25) is 25.2 Å². The molecule has 0 aliphatic carbocycles. The van der Waals surface area contributed by atoms with Gasteiger partial charge in [0.25, 0.3) is 17.7 Å². The van der Waals surface area contributed by atoms with Crippen LogP contribution in [0.25, 0.3) is 11.1 Å². The van der Waals surface area contributed by atoms with E-state index in [1.165, 1.54) is 26.4 Å². The second-order valence-corrected chi connectivity index (χ2v) is 7.12. The van der Waals surface area contributed by atoms with E-state index in [1.54, 1.807) is 12.1 Å². The van der Waals surface area contributed by atoms with E-state index in [0.717, 1.165) is 11.1 Å². The average Bonchev–Trinajstić information content (AvgIpc) is 2.89. The van der Waals surface area contributed by atoms with Crippen molar-refractivity contribution in [2.75, 3.05) is 27.4 Å². The largest absolute Gasteiger partial charge is 0.493 e. The van der Waals surface area contributed by atoms with Crippen molar-refractivity contribution < 1.29 is 33.3 Å². The summed E-state index contributed by atoms with van der Waals surface area (Å²) < 4.78 is 21.4. The van der Waals surface area contributed by atoms with Gasteiger partial charge in [0, 0.05) is 11.1 Å². The maximum atomic E-state index is 12.6. The second kappa shape index (κ2) is 11.9. The van der Waals surface area contributed by atoms with Crippen molar-refractivity contribution in [2.24, 2.45) is 5.73 Å². The zero-order valence-electron chi connectivity index (χ0n) is 19.2. The van der Waals surface area contributed by atoms with Gasteiger partial charge in [-0.05, 0) is 23.8 Å². The number of amides is 3. The molecule has 3 amide bonds. The van der Waals surface area contributed by atoms with Gasteiger partial charge in [-0.15, -0.1) is 0 Å². The summed E-state index contributed by atoms with van der Waals surface area (Å²) in [6.45, 7) is -0.724. The van der Waals surface area contributed by atoms with E-state index in [4.69, 9.17) is 24.7 Å². The monoisotopic (exact) mass is 479 g/mol. The molecule has 0 atom stereocenters. The van der Waals surface area contributed by atoms with Crippen LogP contribution < -0.4 is 35.5 Å². The van der Waals surface area contributed by atoms with Gasteiger partial charge in [-0.1, -0.05) is 48.5 Å². The van der Waals surface area contributed by atoms with Gasteiger partial charge in [0.1, 0.15) is 5.75 Å². The smallest absolute Gasteiger partial charge is 0.276 e. The SMILES string of the molecule is COc1cc(C(=O)NNC(=O)COc2ccccc2-c2ccccc2)cc(OC)c1OCC(N)=O. The van der Waals surface area contributed by atoms with Crippen molar-refractivity contribution in [3.8, 4) is 34.1 Å². The highest BCUT2D eigenvalue weighted by atomic mass is 16.5. The van der Waals surface area contributed by atoms with Gasteiger partial charge >= 0.3 is 0 Å². The first-order chi connectivity index (χ1) is 16.9. The minimum atomic E-state index is -0.688. The van der Waals surface area contributed by atoms with Crippen LogP contribution in [0.2, 0.25) is 0 Å². The summed E-state index contributed by atoms with van der Waals surface area (Å²) in [5.41, 5.74) is 11.6. The molecule has 10 heteroatoms. The molecule has 0 saturated carbocycles. The van der Waals surface area contributed by atoms with Crippen LogP contribution in [-0.4, -0.2) is 45.2 Å². The number of hydrogen-bond donors (Lipinski definition) is 3. The van der Waals surface area contributed by atoms with Crippen LogP contribution in [0, 0.1) is 0 Å². The minimum absolute atomic E-state index is 0.111. The predicted octanol–water partition coefficient (Wildman–Crippen LogP) is 2.07. The van der Waals surface area contributed by atoms with Crippen molar-refractivity contribution in [3.63, 3.8) is 0 Å². The first kappa shape index (κ1) is 24.9. The lowest BCUT2D eigenvalue weighted by molar-refractivity contribution is -0.124. The van der Waals surface area contributed by atoms with Crippen LogP contribution in [0.5, 0.6) is 23.0 Å². The molecule has 0 fully saturated rings. The third kappa shape index (κ3) is 6.64. The quantitative estimate of drug-likeness (QED) is 0.379. The lowest BCUT2D eigenvalue weighted by Gasteiger charge is -2.16. The fraction of sp³-hybridized carbons (Fsp3) is 0.160. The van der Waals surface area contributed by atoms with Gasteiger partial charge in [-0.25, -0.2) is 0 Å². The molecular weight excluding hydrogens is 454 g/mol. The van der Waals surface area contributed by atoms with Crippen molar-refractivity contribution in [3.05, 3.63) is 72.3 Å². The van der Waals surface area contributed by atoms with Crippen molar-refractivity contribution in [1.29, 1.82) is 0 Å². The zero-order chi connectivity index (χ0) is 25.2. The molecule has 0 bridgehead atoms. The number of methoxy groups -OCH3 is 2. The lowest BCUT2D eigenvalue weighted by atomic mass is 10.1. The maximum absolute atomic E-state index is 12.6. The highest BCUT2D eigenvalue weighted by molar-refractivity contribution is 5.96. The lowest BCUT2D eigenvalue weighted by Crippen LogP contribution is -2.43. The number of primary amides is 1. The Bertz CT molecular complexity index is 1170. The van der Waals surface area contributed by atoms with Crippen molar-refractivity contribution >= 4 is 17.7 Å². The van der Waals surface area contributed by atoms with Gasteiger partial charge in [0.2, 0.25) is 5.75 Å². The fourth-order valence-electron chi connectivity index (χ4n) is 3.12. The molecule has 0 heterocycles. The van der Waals surface area contributed by atoms with E-state index in [2.05, 4.69) is 10.9 Å². The number of para-hydroxylation sites is 1. The van der Waals surface area contributed by atoms with Crippen molar-refractivity contribution in [2.45, 2.75) is 0 Å². The number of rotatable bonds is 10. The zero-order valence-corrected chi connectivity index (χ0v) is 19.2. The highest BCUT2D eigenvalue weighted by Crippen LogP contribution is 2.38. The van der Waals surface area contributed by atoms with Crippen LogP contribution in [0.3, 0.4) is 0 Å². The third-order valence-electron chi connectivity index (χ3n) is 4.73. The third-order valence-corrected chi connectivity index (χ3v) is 4.73. The van der Waals surface area contributed by atoms with Gasteiger partial charge in [0.05, 0.1) is 14.2 Å². The topological polar surface area (TPSA) is 138 Å². The van der Waals surface area contributed by atoms with Crippen molar-refractivity contribution in [1.82, 2.24) is 10.9 Å². The highest BCUT2D eigenvalue weighted by Gasteiger charge is 2.19. The average molecular weight is 479 g/mol. The number of nitrogens with two attached hydrogens (primary N) is 1. The summed E-state index contributed by atoms with van der Waals surface area (Å²) in [4.78, 5) is 35.9. The maximum Gasteiger partial charge on any atom is 0.276 e. The molecule has 3 aromatic carbocycles. The summed E-state index contributed by atoms with van der Waals surface area (Å²) in [6, 6.07) is 19.7. The molecule has 3 rings (SSSR count). The molecule has 35 heavy (non-hydrogen) atoms. The van der Waals surface area contributed by atoms with E-state index in [9.17, 15) is 14.4 Å². The summed E-state index contributed by atoms with van der Waals surface area (Å²) in [6.07, 6.45) is 0. The molecule has 3 aromatic rings. The summed E-state index contributed by atoms with van der Waals surface area (Å²) >= 11 is 0. The Hall–Kier alpha value is -4.73. The Kier molecular flexibility index (Phi) is 8.49. The number of ether oxygens (including phenoxy) is 4. The molecule has 0 spiro atoms. The number of benzene rings is 3. The molecule has 4 N–H and O–H groups in total. The molecule has 10 nitrogen and oxygen atoms in total.